The van der Waals surface area contributed by atoms with Crippen LogP contribution in [0.4, 0.5) is 0 Å². The van der Waals surface area contributed by atoms with Crippen molar-refractivity contribution in [3.8, 4) is 17.2 Å². The van der Waals surface area contributed by atoms with E-state index in [9.17, 15) is 0 Å². The first-order valence-electron chi connectivity index (χ1n) is 10.6. The molecule has 0 radical (unpaired) electrons. The first-order chi connectivity index (χ1) is 14.8. The lowest BCUT2D eigenvalue weighted by atomic mass is 9.96. The molecule has 30 heavy (non-hydrogen) atoms. The van der Waals surface area contributed by atoms with Gasteiger partial charge in [0.05, 0.1) is 12.9 Å². The molecule has 1 atom stereocenters. The van der Waals surface area contributed by atoms with Crippen LogP contribution in [0.5, 0.6) is 17.2 Å². The predicted molar refractivity (Wildman–Crippen MR) is 122 cm³/mol. The molecule has 0 fully saturated rings. The molecular formula is C26H28N2O2. The topological polar surface area (TPSA) is 34.1 Å². The summed E-state index contributed by atoms with van der Waals surface area (Å²) in [6.45, 7) is 5.70. The minimum atomic E-state index is 0.491. The SMILES string of the molecule is CCC(CN1C=NCC1)c1ccc(Oc2ccccc2OCc2ccccc2)cc1. The summed E-state index contributed by atoms with van der Waals surface area (Å²) in [5.41, 5.74) is 2.46. The quantitative estimate of drug-likeness (QED) is 0.449. The summed E-state index contributed by atoms with van der Waals surface area (Å²) in [4.78, 5) is 6.62. The Morgan fingerprint density at radius 3 is 2.33 bits per heavy atom. The van der Waals surface area contributed by atoms with Crippen LogP contribution in [0.25, 0.3) is 0 Å². The normalized spacial score (nSPS) is 14.0. The number of nitrogens with zero attached hydrogens (tertiary/aromatic N) is 2. The molecule has 0 aliphatic carbocycles. The van der Waals surface area contributed by atoms with Crippen molar-refractivity contribution in [3.05, 3.63) is 90.0 Å². The first-order valence-corrected chi connectivity index (χ1v) is 10.6. The number of hydrogen-bond donors (Lipinski definition) is 0. The molecule has 154 valence electrons. The Morgan fingerprint density at radius 1 is 0.900 bits per heavy atom. The van der Waals surface area contributed by atoms with Gasteiger partial charge in [-0.05, 0) is 41.8 Å². The number of hydrogen-bond acceptors (Lipinski definition) is 4. The maximum atomic E-state index is 6.14. The van der Waals surface area contributed by atoms with Gasteiger partial charge in [-0.2, -0.15) is 0 Å². The van der Waals surface area contributed by atoms with Gasteiger partial charge in [0.2, 0.25) is 0 Å². The standard InChI is InChI=1S/C26H28N2O2/c1-2-22(18-28-17-16-27-20-28)23-12-14-24(15-13-23)30-26-11-7-6-10-25(26)29-19-21-8-4-3-5-9-21/h3-15,20,22H,2,16-19H2,1H3. The van der Waals surface area contributed by atoms with E-state index in [1.807, 2.05) is 60.9 Å². The molecule has 1 aliphatic heterocycles. The Balaban J connectivity index is 1.41. The third-order valence-corrected chi connectivity index (χ3v) is 5.37. The van der Waals surface area contributed by atoms with Crippen molar-refractivity contribution >= 4 is 6.34 Å². The fourth-order valence-corrected chi connectivity index (χ4v) is 3.63. The minimum Gasteiger partial charge on any atom is -0.485 e. The smallest absolute Gasteiger partial charge is 0.169 e. The zero-order chi connectivity index (χ0) is 20.6. The van der Waals surface area contributed by atoms with Gasteiger partial charge >= 0.3 is 0 Å². The highest BCUT2D eigenvalue weighted by atomic mass is 16.5. The van der Waals surface area contributed by atoms with Gasteiger partial charge in [-0.15, -0.1) is 0 Å². The van der Waals surface area contributed by atoms with Crippen LogP contribution in [0.15, 0.2) is 83.9 Å². The number of benzene rings is 3. The van der Waals surface area contributed by atoms with Crippen LogP contribution in [-0.4, -0.2) is 30.9 Å². The second kappa shape index (κ2) is 9.97. The average Bonchev–Trinajstić information content (AvgIpc) is 3.31. The Labute approximate surface area is 178 Å². The van der Waals surface area contributed by atoms with Crippen LogP contribution in [0.2, 0.25) is 0 Å². The Bertz CT molecular complexity index is 954. The zero-order valence-corrected chi connectivity index (χ0v) is 17.4. The molecular weight excluding hydrogens is 372 g/mol. The van der Waals surface area contributed by atoms with Gasteiger partial charge in [0.1, 0.15) is 12.4 Å². The van der Waals surface area contributed by atoms with Crippen molar-refractivity contribution < 1.29 is 9.47 Å². The van der Waals surface area contributed by atoms with E-state index in [1.165, 1.54) is 5.56 Å². The fraction of sp³-hybridized carbons (Fsp3) is 0.269. The molecule has 3 aromatic rings. The molecule has 4 rings (SSSR count). The van der Waals surface area contributed by atoms with E-state index < -0.39 is 0 Å². The van der Waals surface area contributed by atoms with Crippen LogP contribution in [0.3, 0.4) is 0 Å². The highest BCUT2D eigenvalue weighted by Crippen LogP contribution is 2.33. The van der Waals surface area contributed by atoms with Crippen molar-refractivity contribution in [1.29, 1.82) is 0 Å². The maximum Gasteiger partial charge on any atom is 0.169 e. The molecule has 0 amide bonds. The van der Waals surface area contributed by atoms with E-state index in [-0.39, 0.29) is 0 Å². The summed E-state index contributed by atoms with van der Waals surface area (Å²) in [6, 6.07) is 26.4. The van der Waals surface area contributed by atoms with E-state index in [0.717, 1.165) is 48.9 Å². The second-order valence-electron chi connectivity index (χ2n) is 7.51. The summed E-state index contributed by atoms with van der Waals surface area (Å²) in [5.74, 6) is 2.77. The largest absolute Gasteiger partial charge is 0.485 e. The third-order valence-electron chi connectivity index (χ3n) is 5.37. The molecule has 0 bridgehead atoms. The summed E-state index contributed by atoms with van der Waals surface area (Å²) in [5, 5.41) is 0. The van der Waals surface area contributed by atoms with E-state index in [0.29, 0.717) is 12.5 Å². The molecule has 1 unspecified atom stereocenters. The van der Waals surface area contributed by atoms with Crippen LogP contribution < -0.4 is 9.47 Å². The van der Waals surface area contributed by atoms with Crippen molar-refractivity contribution in [2.45, 2.75) is 25.9 Å². The summed E-state index contributed by atoms with van der Waals surface area (Å²) >= 11 is 0. The van der Waals surface area contributed by atoms with Gasteiger partial charge in [-0.1, -0.05) is 61.5 Å². The number of ether oxygens (including phenoxy) is 2. The van der Waals surface area contributed by atoms with Crippen LogP contribution in [0, 0.1) is 0 Å². The zero-order valence-electron chi connectivity index (χ0n) is 17.4. The molecule has 4 heteroatoms. The Kier molecular flexibility index (Phi) is 6.65. The molecule has 0 N–H and O–H groups in total. The lowest BCUT2D eigenvalue weighted by Gasteiger charge is -2.22. The molecule has 1 aliphatic rings. The molecule has 0 spiro atoms. The minimum absolute atomic E-state index is 0.491. The van der Waals surface area contributed by atoms with Crippen molar-refractivity contribution in [3.63, 3.8) is 0 Å². The highest BCUT2D eigenvalue weighted by molar-refractivity contribution is 5.57. The first kappa shape index (κ1) is 20.0. The average molecular weight is 401 g/mol. The lowest BCUT2D eigenvalue weighted by molar-refractivity contribution is 0.291. The van der Waals surface area contributed by atoms with Crippen molar-refractivity contribution in [2.24, 2.45) is 4.99 Å². The van der Waals surface area contributed by atoms with E-state index in [4.69, 9.17) is 9.47 Å². The maximum absolute atomic E-state index is 6.14. The molecule has 3 aromatic carbocycles. The van der Waals surface area contributed by atoms with Gasteiger partial charge in [0.25, 0.3) is 0 Å². The molecule has 0 saturated heterocycles. The van der Waals surface area contributed by atoms with Crippen LogP contribution in [-0.2, 0) is 6.61 Å². The highest BCUT2D eigenvalue weighted by Gasteiger charge is 2.15. The Hall–Kier alpha value is -3.27. The van der Waals surface area contributed by atoms with Crippen LogP contribution >= 0.6 is 0 Å². The summed E-state index contributed by atoms with van der Waals surface area (Å²) in [6.07, 6.45) is 3.08. The molecule has 0 saturated carbocycles. The predicted octanol–water partition coefficient (Wildman–Crippen LogP) is 5.90. The van der Waals surface area contributed by atoms with E-state index in [1.54, 1.807) is 0 Å². The lowest BCUT2D eigenvalue weighted by Crippen LogP contribution is -2.25. The van der Waals surface area contributed by atoms with Gasteiger partial charge in [0, 0.05) is 19.0 Å². The Morgan fingerprint density at radius 2 is 1.63 bits per heavy atom. The van der Waals surface area contributed by atoms with E-state index >= 15 is 0 Å². The molecule has 0 aromatic heterocycles. The van der Waals surface area contributed by atoms with E-state index in [2.05, 4.69) is 41.1 Å². The fourth-order valence-electron chi connectivity index (χ4n) is 3.63. The molecule has 1 heterocycles. The third kappa shape index (κ3) is 5.20. The summed E-state index contributed by atoms with van der Waals surface area (Å²) in [7, 11) is 0. The molecule has 4 nitrogen and oxygen atoms in total. The number of rotatable bonds is 9. The number of para-hydroxylation sites is 2. The second-order valence-corrected chi connectivity index (χ2v) is 7.51. The monoisotopic (exact) mass is 400 g/mol. The van der Waals surface area contributed by atoms with Gasteiger partial charge in [0.15, 0.2) is 11.5 Å². The number of aliphatic imine (C=N–C) groups is 1. The van der Waals surface area contributed by atoms with Gasteiger partial charge < -0.3 is 14.4 Å². The van der Waals surface area contributed by atoms with Crippen molar-refractivity contribution in [2.75, 3.05) is 19.6 Å². The van der Waals surface area contributed by atoms with Gasteiger partial charge in [-0.25, -0.2) is 0 Å². The van der Waals surface area contributed by atoms with Crippen molar-refractivity contribution in [1.82, 2.24) is 4.90 Å². The summed E-state index contributed by atoms with van der Waals surface area (Å²) < 4.78 is 12.1. The van der Waals surface area contributed by atoms with Gasteiger partial charge in [-0.3, -0.25) is 4.99 Å². The van der Waals surface area contributed by atoms with Crippen LogP contribution in [0.1, 0.15) is 30.4 Å².